The van der Waals surface area contributed by atoms with Crippen LogP contribution >= 0.6 is 0 Å². The summed E-state index contributed by atoms with van der Waals surface area (Å²) in [4.78, 5) is 16.5. The van der Waals surface area contributed by atoms with Crippen LogP contribution in [0.25, 0.3) is 0 Å². The molecule has 2 aromatic heterocycles. The minimum Gasteiger partial charge on any atom is -0.496 e. The van der Waals surface area contributed by atoms with Crippen molar-refractivity contribution >= 4 is 23.4 Å². The topological polar surface area (TPSA) is 101 Å². The number of carbonyl (C=O) groups is 1. The third-order valence-corrected chi connectivity index (χ3v) is 3.90. The van der Waals surface area contributed by atoms with Crippen molar-refractivity contribution < 1.29 is 9.53 Å². The molecule has 1 aromatic carbocycles. The first-order valence-corrected chi connectivity index (χ1v) is 8.84. The van der Waals surface area contributed by atoms with E-state index in [0.717, 1.165) is 5.56 Å². The highest BCUT2D eigenvalue weighted by Gasteiger charge is 2.10. The molecular formula is C20H22N6O2. The molecule has 3 N–H and O–H groups in total. The van der Waals surface area contributed by atoms with Crippen molar-refractivity contribution in [3.63, 3.8) is 0 Å². The Kier molecular flexibility index (Phi) is 6.35. The van der Waals surface area contributed by atoms with E-state index in [4.69, 9.17) is 4.74 Å². The molecular weight excluding hydrogens is 356 g/mol. The number of rotatable bonds is 8. The smallest absolute Gasteiger partial charge is 0.255 e. The van der Waals surface area contributed by atoms with Crippen LogP contribution in [-0.4, -0.2) is 41.3 Å². The first kappa shape index (κ1) is 19.1. The zero-order chi connectivity index (χ0) is 19.8. The van der Waals surface area contributed by atoms with Gasteiger partial charge in [-0.25, -0.2) is 4.98 Å². The van der Waals surface area contributed by atoms with Gasteiger partial charge in [0.25, 0.3) is 5.91 Å². The molecule has 0 atom stereocenters. The summed E-state index contributed by atoms with van der Waals surface area (Å²) in [6, 6.07) is 14.6. The van der Waals surface area contributed by atoms with Gasteiger partial charge in [0.1, 0.15) is 17.4 Å². The average Bonchev–Trinajstić information content (AvgIpc) is 2.74. The zero-order valence-corrected chi connectivity index (χ0v) is 15.8. The lowest BCUT2D eigenvalue weighted by Gasteiger charge is -2.10. The fourth-order valence-electron chi connectivity index (χ4n) is 2.46. The number of nitrogens with zero attached hydrogens (tertiary/aromatic N) is 3. The molecule has 3 aromatic rings. The van der Waals surface area contributed by atoms with Crippen LogP contribution in [0.1, 0.15) is 15.9 Å². The summed E-state index contributed by atoms with van der Waals surface area (Å²) in [6.45, 7) is 2.93. The minimum absolute atomic E-state index is 0.185. The van der Waals surface area contributed by atoms with Crippen LogP contribution in [0.4, 0.5) is 17.5 Å². The predicted molar refractivity (Wildman–Crippen MR) is 108 cm³/mol. The highest BCUT2D eigenvalue weighted by molar-refractivity contribution is 5.96. The molecule has 0 saturated heterocycles. The molecule has 8 nitrogen and oxygen atoms in total. The van der Waals surface area contributed by atoms with E-state index in [0.29, 0.717) is 41.9 Å². The number of aromatic nitrogens is 3. The quantitative estimate of drug-likeness (QED) is 0.518. The largest absolute Gasteiger partial charge is 0.496 e. The van der Waals surface area contributed by atoms with E-state index in [1.807, 2.05) is 37.3 Å². The number of carbonyl (C=O) groups excluding carboxylic acids is 1. The molecule has 0 aliphatic heterocycles. The summed E-state index contributed by atoms with van der Waals surface area (Å²) in [5.41, 5.74) is 1.60. The van der Waals surface area contributed by atoms with E-state index in [1.165, 1.54) is 0 Å². The van der Waals surface area contributed by atoms with E-state index < -0.39 is 0 Å². The number of aryl methyl sites for hydroxylation is 1. The van der Waals surface area contributed by atoms with Crippen molar-refractivity contribution in [2.75, 3.05) is 30.8 Å². The van der Waals surface area contributed by atoms with E-state index in [9.17, 15) is 4.79 Å². The van der Waals surface area contributed by atoms with Gasteiger partial charge in [-0.1, -0.05) is 18.2 Å². The standard InChI is InChI=1S/C20H22N6O2/c1-14-7-8-17(23-13-14)24-19-10-9-18(25-26-19)21-11-12-22-20(27)15-5-3-4-6-16(15)28-2/h3-10,13H,11-12H2,1-2H3,(H,21,25)(H,22,27)(H,23,24,26). The summed E-state index contributed by atoms with van der Waals surface area (Å²) in [6.07, 6.45) is 1.78. The van der Waals surface area contributed by atoms with Gasteiger partial charge in [0.15, 0.2) is 5.82 Å². The number of hydrogen-bond acceptors (Lipinski definition) is 7. The van der Waals surface area contributed by atoms with Crippen molar-refractivity contribution in [2.45, 2.75) is 6.92 Å². The van der Waals surface area contributed by atoms with Gasteiger partial charge in [-0.05, 0) is 42.8 Å². The number of anilines is 3. The van der Waals surface area contributed by atoms with Crippen molar-refractivity contribution in [3.8, 4) is 5.75 Å². The van der Waals surface area contributed by atoms with Gasteiger partial charge in [0.05, 0.1) is 12.7 Å². The van der Waals surface area contributed by atoms with Crippen LogP contribution in [0.2, 0.25) is 0 Å². The lowest BCUT2D eigenvalue weighted by atomic mass is 10.2. The highest BCUT2D eigenvalue weighted by Crippen LogP contribution is 2.16. The van der Waals surface area contributed by atoms with E-state index >= 15 is 0 Å². The van der Waals surface area contributed by atoms with Crippen LogP contribution in [0.5, 0.6) is 5.75 Å². The molecule has 0 spiro atoms. The van der Waals surface area contributed by atoms with Crippen molar-refractivity contribution in [1.29, 1.82) is 0 Å². The molecule has 8 heteroatoms. The van der Waals surface area contributed by atoms with E-state index in [2.05, 4.69) is 31.1 Å². The maximum atomic E-state index is 12.2. The van der Waals surface area contributed by atoms with Crippen LogP contribution in [-0.2, 0) is 0 Å². The fourth-order valence-corrected chi connectivity index (χ4v) is 2.46. The van der Waals surface area contributed by atoms with Crippen molar-refractivity contribution in [2.24, 2.45) is 0 Å². The number of nitrogens with one attached hydrogen (secondary N) is 3. The molecule has 1 amide bonds. The third kappa shape index (κ3) is 5.16. The summed E-state index contributed by atoms with van der Waals surface area (Å²) >= 11 is 0. The van der Waals surface area contributed by atoms with Gasteiger partial charge in [0, 0.05) is 19.3 Å². The Balaban J connectivity index is 1.45. The van der Waals surface area contributed by atoms with Gasteiger partial charge in [-0.3, -0.25) is 4.79 Å². The molecule has 2 heterocycles. The fraction of sp³-hybridized carbons (Fsp3) is 0.200. The van der Waals surface area contributed by atoms with Gasteiger partial charge >= 0.3 is 0 Å². The summed E-state index contributed by atoms with van der Waals surface area (Å²) < 4.78 is 5.20. The number of amides is 1. The lowest BCUT2D eigenvalue weighted by Crippen LogP contribution is -2.29. The summed E-state index contributed by atoms with van der Waals surface area (Å²) in [7, 11) is 1.54. The predicted octanol–water partition coefficient (Wildman–Crippen LogP) is 2.77. The Bertz CT molecular complexity index is 913. The summed E-state index contributed by atoms with van der Waals surface area (Å²) in [5.74, 6) is 2.29. The molecule has 0 fully saturated rings. The maximum absolute atomic E-state index is 12.2. The molecule has 0 saturated carbocycles. The highest BCUT2D eigenvalue weighted by atomic mass is 16.5. The molecule has 144 valence electrons. The summed E-state index contributed by atoms with van der Waals surface area (Å²) in [5, 5.41) is 17.3. The van der Waals surface area contributed by atoms with Crippen LogP contribution < -0.4 is 20.7 Å². The minimum atomic E-state index is -0.185. The van der Waals surface area contributed by atoms with E-state index in [1.54, 1.807) is 31.5 Å². The number of para-hydroxylation sites is 1. The van der Waals surface area contributed by atoms with Gasteiger partial charge < -0.3 is 20.7 Å². The molecule has 0 aliphatic rings. The Labute approximate surface area is 163 Å². The van der Waals surface area contributed by atoms with Crippen molar-refractivity contribution in [1.82, 2.24) is 20.5 Å². The van der Waals surface area contributed by atoms with Gasteiger partial charge in [0.2, 0.25) is 0 Å². The number of benzene rings is 1. The first-order chi connectivity index (χ1) is 13.7. The van der Waals surface area contributed by atoms with Gasteiger partial charge in [-0.2, -0.15) is 0 Å². The Morgan fingerprint density at radius 1 is 0.964 bits per heavy atom. The Morgan fingerprint density at radius 3 is 2.43 bits per heavy atom. The number of hydrogen-bond donors (Lipinski definition) is 3. The van der Waals surface area contributed by atoms with Gasteiger partial charge in [-0.15, -0.1) is 10.2 Å². The number of pyridine rings is 1. The second-order valence-corrected chi connectivity index (χ2v) is 6.03. The second kappa shape index (κ2) is 9.31. The molecule has 0 bridgehead atoms. The average molecular weight is 378 g/mol. The third-order valence-electron chi connectivity index (χ3n) is 3.90. The maximum Gasteiger partial charge on any atom is 0.255 e. The number of methoxy groups -OCH3 is 1. The molecule has 0 radical (unpaired) electrons. The van der Waals surface area contributed by atoms with E-state index in [-0.39, 0.29) is 5.91 Å². The van der Waals surface area contributed by atoms with Crippen LogP contribution in [0.3, 0.4) is 0 Å². The second-order valence-electron chi connectivity index (χ2n) is 6.03. The van der Waals surface area contributed by atoms with Crippen LogP contribution in [0.15, 0.2) is 54.7 Å². The van der Waals surface area contributed by atoms with Crippen molar-refractivity contribution in [3.05, 3.63) is 65.9 Å². The normalized spacial score (nSPS) is 10.2. The molecule has 0 aliphatic carbocycles. The lowest BCUT2D eigenvalue weighted by molar-refractivity contribution is 0.0952. The SMILES string of the molecule is COc1ccccc1C(=O)NCCNc1ccc(Nc2ccc(C)cn2)nn1. The first-order valence-electron chi connectivity index (χ1n) is 8.84. The molecule has 3 rings (SSSR count). The monoisotopic (exact) mass is 378 g/mol. The molecule has 0 unspecified atom stereocenters. The zero-order valence-electron chi connectivity index (χ0n) is 15.8. The number of ether oxygens (including phenoxy) is 1. The molecule has 28 heavy (non-hydrogen) atoms. The Morgan fingerprint density at radius 2 is 1.71 bits per heavy atom. The Hall–Kier alpha value is -3.68. The van der Waals surface area contributed by atoms with Crippen LogP contribution in [0, 0.1) is 6.92 Å².